The van der Waals surface area contributed by atoms with Crippen LogP contribution in [0.3, 0.4) is 0 Å². The third kappa shape index (κ3) is 3.66. The Bertz CT molecular complexity index is 610. The van der Waals surface area contributed by atoms with Crippen LogP contribution < -0.4 is 5.73 Å². The van der Waals surface area contributed by atoms with Crippen LogP contribution in [0.2, 0.25) is 0 Å². The van der Waals surface area contributed by atoms with Crippen LogP contribution in [0.5, 0.6) is 0 Å². The van der Waals surface area contributed by atoms with Crippen LogP contribution in [-0.4, -0.2) is 0 Å². The lowest BCUT2D eigenvalue weighted by Crippen LogP contribution is -2.05. The fourth-order valence-electron chi connectivity index (χ4n) is 1.64. The highest BCUT2D eigenvalue weighted by Crippen LogP contribution is 2.35. The van der Waals surface area contributed by atoms with Gasteiger partial charge in [0.2, 0.25) is 0 Å². The van der Waals surface area contributed by atoms with Crippen molar-refractivity contribution < 1.29 is 17.6 Å². The van der Waals surface area contributed by atoms with Crippen LogP contribution in [0.15, 0.2) is 47.4 Å². The number of nitrogens with two attached hydrogens (primary N) is 1. The molecule has 0 bridgehead atoms. The normalized spacial score (nSPS) is 11.6. The first-order valence-corrected chi connectivity index (χ1v) is 6.69. The molecular weight excluding hydrogens is 290 g/mol. The molecular formula is C14H11F4NS. The van der Waals surface area contributed by atoms with Crippen molar-refractivity contribution in [1.29, 1.82) is 0 Å². The number of anilines is 1. The highest BCUT2D eigenvalue weighted by atomic mass is 32.2. The SMILES string of the molecule is Nc1cc(C(F)(F)F)ccc1SCc1cccc(F)c1. The molecule has 2 aromatic rings. The number of halogens is 4. The molecule has 0 fully saturated rings. The van der Waals surface area contributed by atoms with E-state index in [4.69, 9.17) is 5.73 Å². The summed E-state index contributed by atoms with van der Waals surface area (Å²) in [6.07, 6.45) is -4.40. The van der Waals surface area contributed by atoms with E-state index in [1.54, 1.807) is 12.1 Å². The molecule has 0 atom stereocenters. The quantitative estimate of drug-likeness (QED) is 0.504. The molecule has 0 amide bonds. The van der Waals surface area contributed by atoms with E-state index in [0.717, 1.165) is 17.7 Å². The average Bonchev–Trinajstić information content (AvgIpc) is 2.36. The fraction of sp³-hybridized carbons (Fsp3) is 0.143. The highest BCUT2D eigenvalue weighted by Gasteiger charge is 2.30. The Labute approximate surface area is 117 Å². The van der Waals surface area contributed by atoms with Gasteiger partial charge in [0.25, 0.3) is 0 Å². The molecule has 2 N–H and O–H groups in total. The Morgan fingerprint density at radius 2 is 1.80 bits per heavy atom. The lowest BCUT2D eigenvalue weighted by atomic mass is 10.2. The molecule has 6 heteroatoms. The zero-order valence-corrected chi connectivity index (χ0v) is 11.1. The Morgan fingerprint density at radius 1 is 1.05 bits per heavy atom. The predicted molar refractivity (Wildman–Crippen MR) is 71.8 cm³/mol. The van der Waals surface area contributed by atoms with Gasteiger partial charge in [-0.05, 0) is 35.9 Å². The summed E-state index contributed by atoms with van der Waals surface area (Å²) in [6, 6.07) is 9.28. The van der Waals surface area contributed by atoms with Crippen LogP contribution in [0.4, 0.5) is 23.2 Å². The molecule has 0 unspecified atom stereocenters. The minimum Gasteiger partial charge on any atom is -0.398 e. The second-order valence-electron chi connectivity index (χ2n) is 4.17. The summed E-state index contributed by atoms with van der Waals surface area (Å²) in [7, 11) is 0. The second-order valence-corrected chi connectivity index (χ2v) is 5.19. The van der Waals surface area contributed by atoms with Gasteiger partial charge in [-0.25, -0.2) is 4.39 Å². The van der Waals surface area contributed by atoms with Gasteiger partial charge in [0.15, 0.2) is 0 Å². The van der Waals surface area contributed by atoms with E-state index in [9.17, 15) is 17.6 Å². The van der Waals surface area contributed by atoms with E-state index in [2.05, 4.69) is 0 Å². The lowest BCUT2D eigenvalue weighted by Gasteiger charge is -2.10. The molecule has 0 aliphatic carbocycles. The van der Waals surface area contributed by atoms with Crippen molar-refractivity contribution in [3.05, 3.63) is 59.4 Å². The zero-order chi connectivity index (χ0) is 14.8. The first-order chi connectivity index (χ1) is 9.36. The number of nitrogen functional groups attached to an aromatic ring is 1. The van der Waals surface area contributed by atoms with Gasteiger partial charge < -0.3 is 5.73 Å². The van der Waals surface area contributed by atoms with Gasteiger partial charge in [-0.1, -0.05) is 12.1 Å². The van der Waals surface area contributed by atoms with Crippen molar-refractivity contribution in [3.63, 3.8) is 0 Å². The number of benzene rings is 2. The molecule has 0 aliphatic rings. The van der Waals surface area contributed by atoms with Crippen LogP contribution in [0.1, 0.15) is 11.1 Å². The summed E-state index contributed by atoms with van der Waals surface area (Å²) >= 11 is 1.27. The summed E-state index contributed by atoms with van der Waals surface area (Å²) in [5.41, 5.74) is 5.66. The van der Waals surface area contributed by atoms with E-state index in [1.807, 2.05) is 0 Å². The van der Waals surface area contributed by atoms with E-state index in [0.29, 0.717) is 10.6 Å². The fourth-order valence-corrected chi connectivity index (χ4v) is 2.54. The van der Waals surface area contributed by atoms with Crippen LogP contribution in [-0.2, 0) is 11.9 Å². The van der Waals surface area contributed by atoms with Crippen LogP contribution in [0.25, 0.3) is 0 Å². The van der Waals surface area contributed by atoms with Gasteiger partial charge in [0.05, 0.1) is 5.56 Å². The molecule has 0 spiro atoms. The maximum Gasteiger partial charge on any atom is 0.416 e. The Hall–Kier alpha value is -1.69. The molecule has 2 aromatic carbocycles. The third-order valence-electron chi connectivity index (χ3n) is 2.62. The first-order valence-electron chi connectivity index (χ1n) is 5.70. The topological polar surface area (TPSA) is 26.0 Å². The highest BCUT2D eigenvalue weighted by molar-refractivity contribution is 7.98. The van der Waals surface area contributed by atoms with Crippen LogP contribution >= 0.6 is 11.8 Å². The van der Waals surface area contributed by atoms with Crippen molar-refractivity contribution in [2.75, 3.05) is 5.73 Å². The summed E-state index contributed by atoms with van der Waals surface area (Å²) in [5, 5.41) is 0. The minimum absolute atomic E-state index is 0.0706. The summed E-state index contributed by atoms with van der Waals surface area (Å²) in [6.45, 7) is 0. The maximum atomic E-state index is 13.0. The molecule has 0 aromatic heterocycles. The molecule has 0 radical (unpaired) electrons. The molecule has 0 heterocycles. The standard InChI is InChI=1S/C14H11F4NS/c15-11-3-1-2-9(6-11)8-20-13-5-4-10(7-12(13)19)14(16,17)18/h1-7H,8,19H2. The van der Waals surface area contributed by atoms with E-state index in [1.165, 1.54) is 30.0 Å². The average molecular weight is 301 g/mol. The molecule has 20 heavy (non-hydrogen) atoms. The number of hydrogen-bond acceptors (Lipinski definition) is 2. The smallest absolute Gasteiger partial charge is 0.398 e. The van der Waals surface area contributed by atoms with E-state index >= 15 is 0 Å². The van der Waals surface area contributed by atoms with Crippen molar-refractivity contribution >= 4 is 17.4 Å². The molecule has 2 rings (SSSR count). The number of hydrogen-bond donors (Lipinski definition) is 1. The van der Waals surface area contributed by atoms with Crippen molar-refractivity contribution in [2.24, 2.45) is 0 Å². The number of rotatable bonds is 3. The van der Waals surface area contributed by atoms with Gasteiger partial charge in [-0.3, -0.25) is 0 Å². The van der Waals surface area contributed by atoms with E-state index in [-0.39, 0.29) is 11.5 Å². The number of thioether (sulfide) groups is 1. The van der Waals surface area contributed by atoms with Gasteiger partial charge in [-0.15, -0.1) is 11.8 Å². The monoisotopic (exact) mass is 301 g/mol. The Morgan fingerprint density at radius 3 is 2.40 bits per heavy atom. The minimum atomic E-state index is -4.40. The van der Waals surface area contributed by atoms with Crippen molar-refractivity contribution in [3.8, 4) is 0 Å². The van der Waals surface area contributed by atoms with Gasteiger partial charge in [-0.2, -0.15) is 13.2 Å². The Kier molecular flexibility index (Phi) is 4.23. The largest absolute Gasteiger partial charge is 0.416 e. The molecule has 106 valence electrons. The predicted octanol–water partition coefficient (Wildman–Crippen LogP) is 4.72. The molecule has 0 aliphatic heterocycles. The molecule has 0 saturated heterocycles. The van der Waals surface area contributed by atoms with E-state index < -0.39 is 11.7 Å². The summed E-state index contributed by atoms with van der Waals surface area (Å²) in [5.74, 6) is 0.0938. The molecule has 1 nitrogen and oxygen atoms in total. The van der Waals surface area contributed by atoms with Gasteiger partial charge >= 0.3 is 6.18 Å². The summed E-state index contributed by atoms with van der Waals surface area (Å²) < 4.78 is 50.5. The zero-order valence-electron chi connectivity index (χ0n) is 10.2. The van der Waals surface area contributed by atoms with Gasteiger partial charge in [0, 0.05) is 16.3 Å². The van der Waals surface area contributed by atoms with Crippen molar-refractivity contribution in [2.45, 2.75) is 16.8 Å². The summed E-state index contributed by atoms with van der Waals surface area (Å²) in [4.78, 5) is 0.544. The Balaban J connectivity index is 2.11. The lowest BCUT2D eigenvalue weighted by molar-refractivity contribution is -0.137. The van der Waals surface area contributed by atoms with Crippen molar-refractivity contribution in [1.82, 2.24) is 0 Å². The maximum absolute atomic E-state index is 13.0. The second kappa shape index (κ2) is 5.75. The first kappa shape index (κ1) is 14.7. The van der Waals surface area contributed by atoms with Gasteiger partial charge in [0.1, 0.15) is 5.82 Å². The number of alkyl halides is 3. The van der Waals surface area contributed by atoms with Crippen LogP contribution in [0, 0.1) is 5.82 Å². The molecule has 0 saturated carbocycles. The third-order valence-corrected chi connectivity index (χ3v) is 3.78.